The van der Waals surface area contributed by atoms with E-state index in [2.05, 4.69) is 20.6 Å². The Morgan fingerprint density at radius 2 is 2.00 bits per heavy atom. The van der Waals surface area contributed by atoms with Crippen LogP contribution in [0.3, 0.4) is 0 Å². The van der Waals surface area contributed by atoms with Crippen LogP contribution in [-0.2, 0) is 0 Å². The number of aliphatic hydroxyl groups excluding tert-OH is 1. The molecule has 8 nitrogen and oxygen atoms in total. The fourth-order valence-corrected chi connectivity index (χ4v) is 2.90. The van der Waals surface area contributed by atoms with Crippen LogP contribution >= 0.6 is 0 Å². The Morgan fingerprint density at radius 1 is 1.23 bits per heavy atom. The van der Waals surface area contributed by atoms with Gasteiger partial charge in [-0.1, -0.05) is 40.6 Å². The Bertz CT molecular complexity index is 897. The Hall–Kier alpha value is -3.00. The van der Waals surface area contributed by atoms with Gasteiger partial charge >= 0.3 is 0 Å². The van der Waals surface area contributed by atoms with Crippen LogP contribution in [0.1, 0.15) is 54.0 Å². The zero-order valence-corrected chi connectivity index (χ0v) is 14.1. The van der Waals surface area contributed by atoms with Gasteiger partial charge in [0, 0.05) is 23.6 Å². The summed E-state index contributed by atoms with van der Waals surface area (Å²) in [6.07, 6.45) is 0.654. The van der Waals surface area contributed by atoms with Gasteiger partial charge in [0.05, 0.1) is 0 Å². The SMILES string of the molecule is C[C@H](O)c1noc([C@H]2C[C@@H](NC(=O)c3cc(-c4ccccc4)on3)C2)n1. The van der Waals surface area contributed by atoms with Gasteiger partial charge in [0.2, 0.25) is 5.89 Å². The quantitative estimate of drug-likeness (QED) is 0.723. The van der Waals surface area contributed by atoms with Crippen molar-refractivity contribution in [2.24, 2.45) is 0 Å². The smallest absolute Gasteiger partial charge is 0.273 e. The summed E-state index contributed by atoms with van der Waals surface area (Å²) in [6.45, 7) is 1.58. The minimum absolute atomic E-state index is 0.0197. The average Bonchev–Trinajstić information content (AvgIpc) is 3.28. The fraction of sp³-hybridized carbons (Fsp3) is 0.333. The molecule has 1 saturated carbocycles. The number of hydrogen-bond acceptors (Lipinski definition) is 7. The van der Waals surface area contributed by atoms with Crippen molar-refractivity contribution in [3.63, 3.8) is 0 Å². The summed E-state index contributed by atoms with van der Waals surface area (Å²) in [4.78, 5) is 16.5. The number of benzene rings is 1. The maximum absolute atomic E-state index is 12.3. The molecule has 1 atom stereocenters. The van der Waals surface area contributed by atoms with Crippen molar-refractivity contribution in [1.29, 1.82) is 0 Å². The first-order valence-electron chi connectivity index (χ1n) is 8.44. The molecule has 134 valence electrons. The van der Waals surface area contributed by atoms with Crippen molar-refractivity contribution in [3.8, 4) is 11.3 Å². The summed E-state index contributed by atoms with van der Waals surface area (Å²) in [5.41, 5.74) is 1.12. The standard InChI is InChI=1S/C18H18N4O4/c1-10(23)16-20-18(26-22-16)12-7-13(8-12)19-17(24)14-9-15(25-21-14)11-5-3-2-4-6-11/h2-6,9-10,12-13,23H,7-8H2,1H3,(H,19,24)/t10-,12-,13+/m0/s1. The van der Waals surface area contributed by atoms with Crippen LogP contribution in [0.4, 0.5) is 0 Å². The van der Waals surface area contributed by atoms with Crippen LogP contribution in [0.15, 0.2) is 45.4 Å². The summed E-state index contributed by atoms with van der Waals surface area (Å²) in [7, 11) is 0. The second kappa shape index (κ2) is 6.72. The molecular weight excluding hydrogens is 336 g/mol. The van der Waals surface area contributed by atoms with Gasteiger partial charge < -0.3 is 19.5 Å². The van der Waals surface area contributed by atoms with Crippen LogP contribution < -0.4 is 5.32 Å². The topological polar surface area (TPSA) is 114 Å². The Kier molecular flexibility index (Phi) is 4.26. The molecule has 1 amide bonds. The van der Waals surface area contributed by atoms with E-state index in [-0.39, 0.29) is 29.4 Å². The van der Waals surface area contributed by atoms with E-state index in [1.54, 1.807) is 13.0 Å². The summed E-state index contributed by atoms with van der Waals surface area (Å²) in [5.74, 6) is 1.16. The predicted octanol–water partition coefficient (Wildman–Crippen LogP) is 2.45. The van der Waals surface area contributed by atoms with Crippen molar-refractivity contribution in [2.45, 2.75) is 37.8 Å². The number of amides is 1. The lowest BCUT2D eigenvalue weighted by molar-refractivity contribution is 0.0892. The maximum atomic E-state index is 12.3. The lowest BCUT2D eigenvalue weighted by Crippen LogP contribution is -2.43. The molecule has 26 heavy (non-hydrogen) atoms. The highest BCUT2D eigenvalue weighted by molar-refractivity contribution is 5.93. The Morgan fingerprint density at radius 3 is 2.69 bits per heavy atom. The van der Waals surface area contributed by atoms with Gasteiger partial charge in [-0.05, 0) is 19.8 Å². The van der Waals surface area contributed by atoms with Gasteiger partial charge in [0.25, 0.3) is 5.91 Å². The summed E-state index contributed by atoms with van der Waals surface area (Å²) in [5, 5.41) is 19.9. The summed E-state index contributed by atoms with van der Waals surface area (Å²) in [6, 6.07) is 11.1. The molecule has 0 saturated heterocycles. The van der Waals surface area contributed by atoms with E-state index in [0.29, 0.717) is 24.5 Å². The Labute approximate surface area is 149 Å². The predicted molar refractivity (Wildman–Crippen MR) is 90.1 cm³/mol. The van der Waals surface area contributed by atoms with Gasteiger partial charge in [0.1, 0.15) is 6.10 Å². The highest BCUT2D eigenvalue weighted by Gasteiger charge is 2.36. The number of hydrogen-bond donors (Lipinski definition) is 2. The lowest BCUT2D eigenvalue weighted by atomic mass is 9.80. The first-order valence-corrected chi connectivity index (χ1v) is 8.44. The van der Waals surface area contributed by atoms with E-state index in [4.69, 9.17) is 9.05 Å². The molecule has 1 aromatic carbocycles. The van der Waals surface area contributed by atoms with Crippen LogP contribution in [0.5, 0.6) is 0 Å². The van der Waals surface area contributed by atoms with Crippen LogP contribution in [0.25, 0.3) is 11.3 Å². The number of carbonyl (C=O) groups is 1. The molecule has 1 aliphatic rings. The van der Waals surface area contributed by atoms with Crippen molar-refractivity contribution in [3.05, 3.63) is 53.8 Å². The molecule has 2 N–H and O–H groups in total. The number of aromatic nitrogens is 3. The summed E-state index contributed by atoms with van der Waals surface area (Å²) < 4.78 is 10.4. The monoisotopic (exact) mass is 354 g/mol. The molecule has 2 aromatic heterocycles. The van der Waals surface area contributed by atoms with E-state index in [9.17, 15) is 9.90 Å². The van der Waals surface area contributed by atoms with Gasteiger partial charge in [0.15, 0.2) is 17.3 Å². The largest absolute Gasteiger partial charge is 0.385 e. The molecule has 0 aliphatic heterocycles. The number of aliphatic hydroxyl groups is 1. The third kappa shape index (κ3) is 3.23. The van der Waals surface area contributed by atoms with Gasteiger partial charge in [-0.15, -0.1) is 0 Å². The molecule has 4 rings (SSSR count). The van der Waals surface area contributed by atoms with Gasteiger partial charge in [-0.2, -0.15) is 4.98 Å². The number of carbonyl (C=O) groups excluding carboxylic acids is 1. The molecule has 0 unspecified atom stereocenters. The van der Waals surface area contributed by atoms with E-state index in [0.717, 1.165) is 5.56 Å². The second-order valence-corrected chi connectivity index (χ2v) is 6.45. The molecular formula is C18H18N4O4. The third-order valence-electron chi connectivity index (χ3n) is 4.45. The van der Waals surface area contributed by atoms with Crippen molar-refractivity contribution < 1.29 is 18.9 Å². The average molecular weight is 354 g/mol. The van der Waals surface area contributed by atoms with E-state index in [1.165, 1.54) is 0 Å². The zero-order chi connectivity index (χ0) is 18.1. The molecule has 1 aliphatic carbocycles. The molecule has 2 heterocycles. The number of nitrogens with one attached hydrogen (secondary N) is 1. The molecule has 0 radical (unpaired) electrons. The molecule has 3 aromatic rings. The lowest BCUT2D eigenvalue weighted by Gasteiger charge is -2.33. The van der Waals surface area contributed by atoms with Crippen molar-refractivity contribution in [1.82, 2.24) is 20.6 Å². The Balaban J connectivity index is 1.33. The minimum Gasteiger partial charge on any atom is -0.385 e. The highest BCUT2D eigenvalue weighted by atomic mass is 16.5. The maximum Gasteiger partial charge on any atom is 0.273 e. The molecule has 0 bridgehead atoms. The normalized spacial score (nSPS) is 20.4. The van der Waals surface area contributed by atoms with E-state index in [1.807, 2.05) is 30.3 Å². The van der Waals surface area contributed by atoms with Crippen molar-refractivity contribution in [2.75, 3.05) is 0 Å². The third-order valence-corrected chi connectivity index (χ3v) is 4.45. The molecule has 0 spiro atoms. The number of rotatable bonds is 5. The van der Waals surface area contributed by atoms with E-state index >= 15 is 0 Å². The first-order chi connectivity index (χ1) is 12.6. The van der Waals surface area contributed by atoms with Crippen LogP contribution in [0.2, 0.25) is 0 Å². The molecule has 8 heteroatoms. The van der Waals surface area contributed by atoms with Crippen molar-refractivity contribution >= 4 is 5.91 Å². The summed E-state index contributed by atoms with van der Waals surface area (Å²) >= 11 is 0. The highest BCUT2D eigenvalue weighted by Crippen LogP contribution is 2.36. The second-order valence-electron chi connectivity index (χ2n) is 6.45. The fourth-order valence-electron chi connectivity index (χ4n) is 2.90. The van der Waals surface area contributed by atoms with Gasteiger partial charge in [-0.3, -0.25) is 4.79 Å². The van der Waals surface area contributed by atoms with Crippen LogP contribution in [0, 0.1) is 0 Å². The van der Waals surface area contributed by atoms with Gasteiger partial charge in [-0.25, -0.2) is 0 Å². The minimum atomic E-state index is -0.756. The molecule has 1 fully saturated rings. The van der Waals surface area contributed by atoms with E-state index < -0.39 is 6.10 Å². The first kappa shape index (κ1) is 16.5. The van der Waals surface area contributed by atoms with Crippen LogP contribution in [-0.4, -0.2) is 32.4 Å². The number of nitrogens with zero attached hydrogens (tertiary/aromatic N) is 3. The zero-order valence-electron chi connectivity index (χ0n) is 14.1.